The largest absolute Gasteiger partial charge is 0.341 e. The molecule has 0 atom stereocenters. The van der Waals surface area contributed by atoms with Crippen LogP contribution in [0.5, 0.6) is 0 Å². The molecule has 0 spiro atoms. The maximum atomic E-state index is 12.5. The molecule has 3 rings (SSSR count). The monoisotopic (exact) mass is 285 g/mol. The molecule has 1 aromatic heterocycles. The van der Waals surface area contributed by atoms with Crippen LogP contribution in [0.15, 0.2) is 29.3 Å². The zero-order valence-corrected chi connectivity index (χ0v) is 12.2. The Morgan fingerprint density at radius 3 is 2.76 bits per heavy atom. The van der Waals surface area contributed by atoms with Gasteiger partial charge in [-0.1, -0.05) is 12.1 Å². The van der Waals surface area contributed by atoms with Crippen molar-refractivity contribution in [3.63, 3.8) is 0 Å². The molecule has 1 amide bonds. The molecule has 0 bridgehead atoms. The zero-order valence-electron chi connectivity index (χ0n) is 12.2. The topological polar surface area (TPSA) is 55.2 Å². The van der Waals surface area contributed by atoms with Gasteiger partial charge >= 0.3 is 0 Å². The molecular weight excluding hydrogens is 266 g/mol. The molecule has 5 nitrogen and oxygen atoms in total. The van der Waals surface area contributed by atoms with Crippen LogP contribution in [-0.2, 0) is 11.3 Å². The van der Waals surface area contributed by atoms with E-state index in [-0.39, 0.29) is 18.0 Å². The lowest BCUT2D eigenvalue weighted by Crippen LogP contribution is -2.39. The lowest BCUT2D eigenvalue weighted by Gasteiger charge is -2.26. The number of rotatable bonds is 2. The first-order valence-electron chi connectivity index (χ1n) is 7.39. The van der Waals surface area contributed by atoms with E-state index in [1.165, 1.54) is 17.3 Å². The quantitative estimate of drug-likeness (QED) is 0.844. The Kier molecular flexibility index (Phi) is 3.73. The van der Waals surface area contributed by atoms with Gasteiger partial charge in [-0.05, 0) is 37.8 Å². The number of benzene rings is 1. The summed E-state index contributed by atoms with van der Waals surface area (Å²) in [7, 11) is 0. The fourth-order valence-corrected chi connectivity index (χ4v) is 2.84. The minimum absolute atomic E-state index is 0.00519. The summed E-state index contributed by atoms with van der Waals surface area (Å²) in [6, 6.07) is 5.54. The van der Waals surface area contributed by atoms with Gasteiger partial charge in [-0.2, -0.15) is 0 Å². The summed E-state index contributed by atoms with van der Waals surface area (Å²) in [5.41, 5.74) is 1.54. The molecule has 2 heterocycles. The van der Waals surface area contributed by atoms with Crippen molar-refractivity contribution in [2.75, 3.05) is 13.1 Å². The first-order chi connectivity index (χ1) is 10.2. The van der Waals surface area contributed by atoms with Crippen LogP contribution in [0.2, 0.25) is 0 Å². The van der Waals surface area contributed by atoms with E-state index in [1.54, 1.807) is 6.07 Å². The molecule has 0 aliphatic carbocycles. The Morgan fingerprint density at radius 2 is 2.00 bits per heavy atom. The highest BCUT2D eigenvalue weighted by Gasteiger charge is 2.17. The molecule has 0 radical (unpaired) electrons. The van der Waals surface area contributed by atoms with E-state index in [0.29, 0.717) is 10.9 Å². The lowest BCUT2D eigenvalue weighted by molar-refractivity contribution is -0.132. The van der Waals surface area contributed by atoms with Crippen molar-refractivity contribution in [3.05, 3.63) is 40.4 Å². The summed E-state index contributed by atoms with van der Waals surface area (Å²) >= 11 is 0. The third-order valence-electron chi connectivity index (χ3n) is 4.07. The Labute approximate surface area is 123 Å². The van der Waals surface area contributed by atoms with E-state index in [1.807, 2.05) is 24.0 Å². The number of nitrogens with zero attached hydrogens (tertiary/aromatic N) is 3. The number of fused-ring (bicyclic) bond motifs is 1. The molecule has 1 saturated heterocycles. The minimum atomic E-state index is -0.144. The number of piperidine rings is 1. The summed E-state index contributed by atoms with van der Waals surface area (Å²) in [6.07, 6.45) is 4.77. The average Bonchev–Trinajstić information content (AvgIpc) is 2.51. The van der Waals surface area contributed by atoms with Gasteiger partial charge in [-0.25, -0.2) is 4.98 Å². The van der Waals surface area contributed by atoms with Gasteiger partial charge in [-0.15, -0.1) is 0 Å². The molecule has 0 N–H and O–H groups in total. The van der Waals surface area contributed by atoms with Gasteiger partial charge in [0.15, 0.2) is 0 Å². The van der Waals surface area contributed by atoms with E-state index in [2.05, 4.69) is 4.98 Å². The van der Waals surface area contributed by atoms with Gasteiger partial charge in [0, 0.05) is 13.1 Å². The number of aromatic nitrogens is 2. The van der Waals surface area contributed by atoms with Crippen LogP contribution < -0.4 is 5.56 Å². The molecule has 1 aromatic carbocycles. The number of amides is 1. The summed E-state index contributed by atoms with van der Waals surface area (Å²) in [5, 5.41) is 0.573. The van der Waals surface area contributed by atoms with Crippen molar-refractivity contribution in [3.8, 4) is 0 Å². The molecule has 2 aromatic rings. The Hall–Kier alpha value is -2.17. The number of aryl methyl sites for hydroxylation is 1. The van der Waals surface area contributed by atoms with E-state index in [9.17, 15) is 9.59 Å². The van der Waals surface area contributed by atoms with E-state index in [0.717, 1.165) is 31.5 Å². The fraction of sp³-hybridized carbons (Fsp3) is 0.438. The first-order valence-corrected chi connectivity index (χ1v) is 7.39. The maximum absolute atomic E-state index is 12.5. The second-order valence-corrected chi connectivity index (χ2v) is 5.59. The highest BCUT2D eigenvalue weighted by Crippen LogP contribution is 2.12. The van der Waals surface area contributed by atoms with Crippen LogP contribution in [0.4, 0.5) is 0 Å². The molecule has 1 fully saturated rings. The Morgan fingerprint density at radius 1 is 1.24 bits per heavy atom. The SMILES string of the molecule is Cc1cccc2c(=O)n(CC(=O)N3CCCCC3)cnc12. The van der Waals surface area contributed by atoms with Crippen LogP contribution in [0.3, 0.4) is 0 Å². The van der Waals surface area contributed by atoms with Crippen LogP contribution in [0.25, 0.3) is 10.9 Å². The van der Waals surface area contributed by atoms with Gasteiger partial charge in [0.1, 0.15) is 6.54 Å². The normalized spacial score (nSPS) is 15.4. The van der Waals surface area contributed by atoms with E-state index < -0.39 is 0 Å². The molecule has 1 aliphatic heterocycles. The van der Waals surface area contributed by atoms with Crippen LogP contribution >= 0.6 is 0 Å². The van der Waals surface area contributed by atoms with Crippen LogP contribution in [0.1, 0.15) is 24.8 Å². The molecule has 0 saturated carbocycles. The van der Waals surface area contributed by atoms with Gasteiger partial charge in [0.05, 0.1) is 17.2 Å². The molecular formula is C16H19N3O2. The van der Waals surface area contributed by atoms with Gasteiger partial charge in [0.2, 0.25) is 5.91 Å². The van der Waals surface area contributed by atoms with Gasteiger partial charge in [-0.3, -0.25) is 14.2 Å². The van der Waals surface area contributed by atoms with Crippen LogP contribution in [0, 0.1) is 6.92 Å². The second-order valence-electron chi connectivity index (χ2n) is 5.59. The molecule has 0 unspecified atom stereocenters. The van der Waals surface area contributed by atoms with Crippen molar-refractivity contribution in [2.24, 2.45) is 0 Å². The average molecular weight is 285 g/mol. The summed E-state index contributed by atoms with van der Waals surface area (Å²) in [4.78, 5) is 30.9. The summed E-state index contributed by atoms with van der Waals surface area (Å²) in [6.45, 7) is 3.61. The Bertz CT molecular complexity index is 730. The van der Waals surface area contributed by atoms with Crippen molar-refractivity contribution in [2.45, 2.75) is 32.7 Å². The minimum Gasteiger partial charge on any atom is -0.341 e. The van der Waals surface area contributed by atoms with Crippen molar-refractivity contribution >= 4 is 16.8 Å². The van der Waals surface area contributed by atoms with Gasteiger partial charge < -0.3 is 4.90 Å². The van der Waals surface area contributed by atoms with Crippen molar-refractivity contribution in [1.29, 1.82) is 0 Å². The summed E-state index contributed by atoms with van der Waals surface area (Å²) in [5.74, 6) is 0.00519. The molecule has 110 valence electrons. The molecule has 5 heteroatoms. The van der Waals surface area contributed by atoms with Crippen LogP contribution in [-0.4, -0.2) is 33.4 Å². The smallest absolute Gasteiger partial charge is 0.261 e. The highest BCUT2D eigenvalue weighted by atomic mass is 16.2. The third kappa shape index (κ3) is 2.68. The maximum Gasteiger partial charge on any atom is 0.261 e. The zero-order chi connectivity index (χ0) is 14.8. The Balaban J connectivity index is 1.89. The van der Waals surface area contributed by atoms with Gasteiger partial charge in [0.25, 0.3) is 5.56 Å². The number of carbonyl (C=O) groups excluding carboxylic acids is 1. The molecule has 21 heavy (non-hydrogen) atoms. The highest BCUT2D eigenvalue weighted by molar-refractivity contribution is 5.81. The number of para-hydroxylation sites is 1. The molecule has 1 aliphatic rings. The number of hydrogen-bond acceptors (Lipinski definition) is 3. The van der Waals surface area contributed by atoms with E-state index >= 15 is 0 Å². The number of likely N-dealkylation sites (tertiary alicyclic amines) is 1. The lowest BCUT2D eigenvalue weighted by atomic mass is 10.1. The second kappa shape index (κ2) is 5.68. The summed E-state index contributed by atoms with van der Waals surface area (Å²) < 4.78 is 1.42. The first kappa shape index (κ1) is 13.8. The van der Waals surface area contributed by atoms with Crippen molar-refractivity contribution in [1.82, 2.24) is 14.5 Å². The fourth-order valence-electron chi connectivity index (χ4n) is 2.84. The number of hydrogen-bond donors (Lipinski definition) is 0. The standard InChI is InChI=1S/C16H19N3O2/c1-12-6-5-7-13-15(12)17-11-19(16(13)21)10-14(20)18-8-3-2-4-9-18/h5-7,11H,2-4,8-10H2,1H3. The van der Waals surface area contributed by atoms with E-state index in [4.69, 9.17) is 0 Å². The third-order valence-corrected chi connectivity index (χ3v) is 4.07. The van der Waals surface area contributed by atoms with Crippen molar-refractivity contribution < 1.29 is 4.79 Å². The predicted molar refractivity (Wildman–Crippen MR) is 81.2 cm³/mol. The predicted octanol–water partition coefficient (Wildman–Crippen LogP) is 1.72. The number of carbonyl (C=O) groups is 1.